The van der Waals surface area contributed by atoms with Gasteiger partial charge in [0, 0.05) is 5.69 Å². The molecule has 0 saturated heterocycles. The highest BCUT2D eigenvalue weighted by Crippen LogP contribution is 2.16. The number of nitrogens with one attached hydrogen (secondary N) is 1. The number of carbonyl (C=O) groups excluding carboxylic acids is 2. The smallest absolute Gasteiger partial charge is 0.338 e. The van der Waals surface area contributed by atoms with E-state index >= 15 is 0 Å². The van der Waals surface area contributed by atoms with E-state index in [1.807, 2.05) is 31.2 Å². The quantitative estimate of drug-likeness (QED) is 0.720. The lowest BCUT2D eigenvalue weighted by Crippen LogP contribution is -2.20. The predicted octanol–water partition coefficient (Wildman–Crippen LogP) is 4.22. The van der Waals surface area contributed by atoms with Gasteiger partial charge in [0.1, 0.15) is 5.75 Å². The number of ether oxygens (including phenoxy) is 2. The first-order valence-electron chi connectivity index (χ1n) is 8.71. The summed E-state index contributed by atoms with van der Waals surface area (Å²) in [6.45, 7) is 6.41. The van der Waals surface area contributed by atoms with E-state index in [0.29, 0.717) is 29.5 Å². The highest BCUT2D eigenvalue weighted by Gasteiger charge is 2.09. The van der Waals surface area contributed by atoms with Crippen molar-refractivity contribution in [2.24, 2.45) is 5.92 Å². The summed E-state index contributed by atoms with van der Waals surface area (Å²) in [4.78, 5) is 23.9. The third-order valence-electron chi connectivity index (χ3n) is 3.79. The Hall–Kier alpha value is -2.82. The van der Waals surface area contributed by atoms with Crippen molar-refractivity contribution in [3.05, 3.63) is 59.7 Å². The molecular formula is C21H25NO4. The van der Waals surface area contributed by atoms with Crippen LogP contribution in [0.25, 0.3) is 0 Å². The summed E-state index contributed by atoms with van der Waals surface area (Å²) >= 11 is 0. The lowest BCUT2D eigenvalue weighted by Gasteiger charge is -2.10. The normalized spacial score (nSPS) is 10.5. The molecule has 1 amide bonds. The summed E-state index contributed by atoms with van der Waals surface area (Å²) in [5, 5.41) is 2.74. The molecule has 5 heteroatoms. The molecule has 0 heterocycles. The second kappa shape index (κ2) is 9.61. The number of amides is 1. The molecule has 2 rings (SSSR count). The van der Waals surface area contributed by atoms with Gasteiger partial charge in [-0.3, -0.25) is 4.79 Å². The monoisotopic (exact) mass is 355 g/mol. The molecular weight excluding hydrogens is 330 g/mol. The van der Waals surface area contributed by atoms with Crippen LogP contribution in [0.1, 0.15) is 36.2 Å². The number of benzene rings is 2. The van der Waals surface area contributed by atoms with Gasteiger partial charge < -0.3 is 14.8 Å². The molecule has 138 valence electrons. The van der Waals surface area contributed by atoms with Crippen LogP contribution < -0.4 is 10.1 Å². The zero-order valence-electron chi connectivity index (χ0n) is 15.5. The zero-order chi connectivity index (χ0) is 18.9. The van der Waals surface area contributed by atoms with Crippen LogP contribution in [0.15, 0.2) is 48.5 Å². The van der Waals surface area contributed by atoms with Crippen molar-refractivity contribution in [2.45, 2.75) is 27.2 Å². The van der Waals surface area contributed by atoms with E-state index < -0.39 is 0 Å². The molecule has 0 fully saturated rings. The first-order valence-corrected chi connectivity index (χ1v) is 8.71. The molecule has 2 aromatic carbocycles. The van der Waals surface area contributed by atoms with Crippen molar-refractivity contribution in [1.29, 1.82) is 0 Å². The van der Waals surface area contributed by atoms with Gasteiger partial charge in [-0.05, 0) is 55.2 Å². The number of carbonyl (C=O) groups is 2. The topological polar surface area (TPSA) is 64.6 Å². The van der Waals surface area contributed by atoms with Crippen LogP contribution in [0.2, 0.25) is 0 Å². The first kappa shape index (κ1) is 19.5. The Morgan fingerprint density at radius 2 is 1.73 bits per heavy atom. The molecule has 1 N–H and O–H groups in total. The minimum Gasteiger partial charge on any atom is -0.483 e. The van der Waals surface area contributed by atoms with Gasteiger partial charge >= 0.3 is 5.97 Å². The third-order valence-corrected chi connectivity index (χ3v) is 3.79. The fourth-order valence-corrected chi connectivity index (χ4v) is 2.22. The molecule has 0 aliphatic heterocycles. The summed E-state index contributed by atoms with van der Waals surface area (Å²) < 4.78 is 10.7. The third kappa shape index (κ3) is 6.24. The minimum absolute atomic E-state index is 0.0795. The molecule has 0 aliphatic carbocycles. The van der Waals surface area contributed by atoms with Crippen LogP contribution in [-0.2, 0) is 9.53 Å². The fraction of sp³-hybridized carbons (Fsp3) is 0.333. The zero-order valence-corrected chi connectivity index (χ0v) is 15.5. The van der Waals surface area contributed by atoms with Gasteiger partial charge in [-0.15, -0.1) is 0 Å². The van der Waals surface area contributed by atoms with Crippen LogP contribution in [0.5, 0.6) is 5.75 Å². The van der Waals surface area contributed by atoms with Crippen molar-refractivity contribution in [3.63, 3.8) is 0 Å². The van der Waals surface area contributed by atoms with Gasteiger partial charge in [0.05, 0.1) is 12.2 Å². The lowest BCUT2D eigenvalue weighted by atomic mass is 10.1. The van der Waals surface area contributed by atoms with Crippen LogP contribution in [0, 0.1) is 12.8 Å². The number of anilines is 1. The molecule has 0 aromatic heterocycles. The average molecular weight is 355 g/mol. The number of rotatable bonds is 8. The van der Waals surface area contributed by atoms with Crippen LogP contribution in [-0.4, -0.2) is 25.1 Å². The maximum atomic E-state index is 12.0. The number of hydrogen-bond acceptors (Lipinski definition) is 4. The van der Waals surface area contributed by atoms with Gasteiger partial charge in [0.25, 0.3) is 5.91 Å². The van der Waals surface area contributed by atoms with Crippen molar-refractivity contribution in [1.82, 2.24) is 0 Å². The van der Waals surface area contributed by atoms with Crippen molar-refractivity contribution >= 4 is 17.6 Å². The first-order chi connectivity index (χ1) is 12.5. The SMILES string of the molecule is Cc1ccccc1OCC(=O)Nc1ccc(C(=O)OCCC(C)C)cc1. The number of para-hydroxylation sites is 1. The maximum Gasteiger partial charge on any atom is 0.338 e. The molecule has 0 spiro atoms. The molecule has 2 aromatic rings. The van der Waals surface area contributed by atoms with E-state index in [1.54, 1.807) is 24.3 Å². The molecule has 0 saturated carbocycles. The number of hydrogen-bond donors (Lipinski definition) is 1. The molecule has 0 radical (unpaired) electrons. The average Bonchev–Trinajstić information content (AvgIpc) is 2.61. The Labute approximate surface area is 154 Å². The van der Waals surface area contributed by atoms with Gasteiger partial charge in [0.2, 0.25) is 0 Å². The van der Waals surface area contributed by atoms with Crippen molar-refractivity contribution < 1.29 is 19.1 Å². The Kier molecular flexibility index (Phi) is 7.21. The van der Waals surface area contributed by atoms with Gasteiger partial charge in [-0.25, -0.2) is 4.79 Å². The molecule has 26 heavy (non-hydrogen) atoms. The van der Waals surface area contributed by atoms with E-state index in [-0.39, 0.29) is 18.5 Å². The molecule has 0 unspecified atom stereocenters. The molecule has 0 atom stereocenters. The van der Waals surface area contributed by atoms with Crippen LogP contribution >= 0.6 is 0 Å². The largest absolute Gasteiger partial charge is 0.483 e. The summed E-state index contributed by atoms with van der Waals surface area (Å²) in [5.74, 6) is 0.552. The van der Waals surface area contributed by atoms with E-state index in [2.05, 4.69) is 19.2 Å². The Morgan fingerprint density at radius 3 is 2.38 bits per heavy atom. The van der Waals surface area contributed by atoms with Crippen molar-refractivity contribution in [3.8, 4) is 5.75 Å². The highest BCUT2D eigenvalue weighted by atomic mass is 16.5. The Morgan fingerprint density at radius 1 is 1.04 bits per heavy atom. The second-order valence-electron chi connectivity index (χ2n) is 6.50. The van der Waals surface area contributed by atoms with Gasteiger partial charge in [-0.1, -0.05) is 32.0 Å². The summed E-state index contributed by atoms with van der Waals surface area (Å²) in [5.41, 5.74) is 2.03. The predicted molar refractivity (Wildman–Crippen MR) is 101 cm³/mol. The van der Waals surface area contributed by atoms with Crippen LogP contribution in [0.4, 0.5) is 5.69 Å². The number of esters is 1. The molecule has 0 bridgehead atoms. The standard InChI is InChI=1S/C21H25NO4/c1-15(2)12-13-25-21(24)17-8-10-18(11-9-17)22-20(23)14-26-19-7-5-4-6-16(19)3/h4-11,15H,12-14H2,1-3H3,(H,22,23). The lowest BCUT2D eigenvalue weighted by molar-refractivity contribution is -0.118. The van der Waals surface area contributed by atoms with E-state index in [4.69, 9.17) is 9.47 Å². The highest BCUT2D eigenvalue weighted by molar-refractivity contribution is 5.93. The molecule has 0 aliphatic rings. The van der Waals surface area contributed by atoms with E-state index in [9.17, 15) is 9.59 Å². The fourth-order valence-electron chi connectivity index (χ4n) is 2.22. The Bertz CT molecular complexity index is 738. The van der Waals surface area contributed by atoms with Gasteiger partial charge in [0.15, 0.2) is 6.61 Å². The van der Waals surface area contributed by atoms with Gasteiger partial charge in [-0.2, -0.15) is 0 Å². The summed E-state index contributed by atoms with van der Waals surface area (Å²) in [7, 11) is 0. The summed E-state index contributed by atoms with van der Waals surface area (Å²) in [6, 6.07) is 14.1. The second-order valence-corrected chi connectivity index (χ2v) is 6.50. The van der Waals surface area contributed by atoms with E-state index in [1.165, 1.54) is 0 Å². The summed E-state index contributed by atoms with van der Waals surface area (Å²) in [6.07, 6.45) is 0.834. The minimum atomic E-state index is -0.355. The maximum absolute atomic E-state index is 12.0. The van der Waals surface area contributed by atoms with Crippen molar-refractivity contribution in [2.75, 3.05) is 18.5 Å². The van der Waals surface area contributed by atoms with E-state index in [0.717, 1.165) is 12.0 Å². The Balaban J connectivity index is 1.81. The molecule has 5 nitrogen and oxygen atoms in total. The number of aryl methyl sites for hydroxylation is 1. The van der Waals surface area contributed by atoms with Crippen LogP contribution in [0.3, 0.4) is 0 Å².